The van der Waals surface area contributed by atoms with Crippen molar-refractivity contribution >= 4 is 5.91 Å². The highest BCUT2D eigenvalue weighted by atomic mass is 16.5. The predicted octanol–water partition coefficient (Wildman–Crippen LogP) is 2.40. The van der Waals surface area contributed by atoms with Gasteiger partial charge in [0.15, 0.2) is 0 Å². The third-order valence-electron chi connectivity index (χ3n) is 7.78. The van der Waals surface area contributed by atoms with E-state index in [-0.39, 0.29) is 5.92 Å². The molecule has 7 heteroatoms. The summed E-state index contributed by atoms with van der Waals surface area (Å²) >= 11 is 0. The first-order valence-corrected chi connectivity index (χ1v) is 12.0. The maximum atomic E-state index is 13.0. The van der Waals surface area contributed by atoms with Crippen LogP contribution in [0, 0.1) is 17.8 Å². The first kappa shape index (κ1) is 20.5. The van der Waals surface area contributed by atoms with Crippen LogP contribution in [-0.4, -0.2) is 78.3 Å². The fourth-order valence-corrected chi connectivity index (χ4v) is 5.98. The molecule has 4 aliphatic rings. The normalized spacial score (nSPS) is 27.9. The van der Waals surface area contributed by atoms with Crippen molar-refractivity contribution in [1.82, 2.24) is 19.8 Å². The van der Waals surface area contributed by atoms with E-state index < -0.39 is 0 Å². The number of carbonyl (C=O) groups is 1. The third-order valence-corrected chi connectivity index (χ3v) is 7.78. The molecule has 5 heterocycles. The van der Waals surface area contributed by atoms with E-state index >= 15 is 0 Å². The van der Waals surface area contributed by atoms with Crippen LogP contribution in [0.5, 0.6) is 0 Å². The van der Waals surface area contributed by atoms with E-state index in [1.54, 1.807) is 0 Å². The summed E-state index contributed by atoms with van der Waals surface area (Å²) in [6, 6.07) is 0.392. The summed E-state index contributed by atoms with van der Waals surface area (Å²) in [7, 11) is 0. The van der Waals surface area contributed by atoms with Gasteiger partial charge in [-0.15, -0.1) is 0 Å². The molecule has 0 spiro atoms. The Morgan fingerprint density at radius 3 is 2.43 bits per heavy atom. The third kappa shape index (κ3) is 4.30. The van der Waals surface area contributed by atoms with Gasteiger partial charge in [0.1, 0.15) is 0 Å². The van der Waals surface area contributed by atoms with Crippen LogP contribution in [0.2, 0.25) is 0 Å². The van der Waals surface area contributed by atoms with E-state index in [1.807, 2.05) is 6.33 Å². The molecule has 30 heavy (non-hydrogen) atoms. The van der Waals surface area contributed by atoms with Crippen LogP contribution >= 0.6 is 0 Å². The van der Waals surface area contributed by atoms with Crippen LogP contribution in [0.4, 0.5) is 0 Å². The quantitative estimate of drug-likeness (QED) is 0.816. The average molecular weight is 417 g/mol. The molecule has 3 fully saturated rings. The molecule has 0 saturated carbocycles. The van der Waals surface area contributed by atoms with Crippen molar-refractivity contribution in [3.63, 3.8) is 0 Å². The summed E-state index contributed by atoms with van der Waals surface area (Å²) in [6.45, 7) is 7.33. The first-order chi connectivity index (χ1) is 14.8. The maximum absolute atomic E-state index is 13.0. The molecule has 1 atom stereocenters. The van der Waals surface area contributed by atoms with E-state index in [0.29, 0.717) is 17.9 Å². The molecular weight excluding hydrogens is 380 g/mol. The molecule has 1 aromatic heterocycles. The minimum atomic E-state index is 0.174. The summed E-state index contributed by atoms with van der Waals surface area (Å²) in [6.07, 6.45) is 9.22. The van der Waals surface area contributed by atoms with Crippen molar-refractivity contribution in [2.45, 2.75) is 51.0 Å². The van der Waals surface area contributed by atoms with Crippen molar-refractivity contribution in [2.75, 3.05) is 52.6 Å². The molecule has 4 aliphatic heterocycles. The van der Waals surface area contributed by atoms with Gasteiger partial charge in [0.05, 0.1) is 18.1 Å². The lowest BCUT2D eigenvalue weighted by molar-refractivity contribution is -0.140. The second kappa shape index (κ2) is 9.37. The van der Waals surface area contributed by atoms with Crippen LogP contribution in [0.3, 0.4) is 0 Å². The molecular formula is C23H36N4O3. The predicted molar refractivity (Wildman–Crippen MR) is 113 cm³/mol. The van der Waals surface area contributed by atoms with E-state index in [9.17, 15) is 4.79 Å². The average Bonchev–Trinajstić information content (AvgIpc) is 3.29. The highest BCUT2D eigenvalue weighted by molar-refractivity contribution is 5.79. The zero-order valence-electron chi connectivity index (χ0n) is 18.1. The monoisotopic (exact) mass is 416 g/mol. The standard InChI is InChI=1S/C23H36N4O3/c28-23(19-6-13-30-14-7-19)26-8-1-18(2-9-26)22-21-20(24-16-25-21)3-10-27(22)15-17-4-11-29-12-5-17/h16-19,22H,1-15H2,(H,24,25). The zero-order chi connectivity index (χ0) is 20.3. The Morgan fingerprint density at radius 1 is 1.00 bits per heavy atom. The summed E-state index contributed by atoms with van der Waals surface area (Å²) in [5.41, 5.74) is 2.59. The second-order valence-corrected chi connectivity index (χ2v) is 9.56. The van der Waals surface area contributed by atoms with E-state index in [1.165, 1.54) is 24.2 Å². The largest absolute Gasteiger partial charge is 0.381 e. The van der Waals surface area contributed by atoms with Gasteiger partial charge in [-0.05, 0) is 50.4 Å². The van der Waals surface area contributed by atoms with Gasteiger partial charge in [-0.3, -0.25) is 9.69 Å². The van der Waals surface area contributed by atoms with E-state index in [2.05, 4.69) is 14.8 Å². The lowest BCUT2D eigenvalue weighted by Gasteiger charge is -2.44. The van der Waals surface area contributed by atoms with Crippen molar-refractivity contribution < 1.29 is 14.3 Å². The van der Waals surface area contributed by atoms with E-state index in [4.69, 9.17) is 14.5 Å². The van der Waals surface area contributed by atoms with Gasteiger partial charge < -0.3 is 19.4 Å². The molecule has 0 bridgehead atoms. The Bertz CT molecular complexity index is 703. The molecule has 7 nitrogen and oxygen atoms in total. The van der Waals surface area contributed by atoms with Crippen LogP contribution < -0.4 is 0 Å². The summed E-state index contributed by atoms with van der Waals surface area (Å²) in [5.74, 6) is 1.84. The molecule has 0 aliphatic carbocycles. The SMILES string of the molecule is O=C(C1CCOCC1)N1CCC(C2c3nc[nH]c3CCN2CC2CCOCC2)CC1. The zero-order valence-corrected chi connectivity index (χ0v) is 18.1. The van der Waals surface area contributed by atoms with Crippen molar-refractivity contribution in [2.24, 2.45) is 17.8 Å². The molecule has 5 rings (SSSR count). The van der Waals surface area contributed by atoms with Gasteiger partial charge in [-0.1, -0.05) is 0 Å². The Kier molecular flexibility index (Phi) is 6.39. The van der Waals surface area contributed by atoms with Crippen LogP contribution in [0.15, 0.2) is 6.33 Å². The highest BCUT2D eigenvalue weighted by Gasteiger charge is 2.39. The van der Waals surface area contributed by atoms with Gasteiger partial charge >= 0.3 is 0 Å². The van der Waals surface area contributed by atoms with Crippen molar-refractivity contribution in [3.8, 4) is 0 Å². The fraction of sp³-hybridized carbons (Fsp3) is 0.826. The second-order valence-electron chi connectivity index (χ2n) is 9.56. The van der Waals surface area contributed by atoms with Crippen molar-refractivity contribution in [1.29, 1.82) is 0 Å². The van der Waals surface area contributed by atoms with Crippen LogP contribution in [0.25, 0.3) is 0 Å². The van der Waals surface area contributed by atoms with Gasteiger partial charge in [-0.2, -0.15) is 0 Å². The number of nitrogens with zero attached hydrogens (tertiary/aromatic N) is 3. The lowest BCUT2D eigenvalue weighted by Crippen LogP contribution is -2.48. The number of likely N-dealkylation sites (tertiary alicyclic amines) is 1. The number of imidazole rings is 1. The number of fused-ring (bicyclic) bond motifs is 1. The number of aromatic amines is 1. The molecule has 1 aromatic rings. The van der Waals surface area contributed by atoms with Crippen molar-refractivity contribution in [3.05, 3.63) is 17.7 Å². The fourth-order valence-electron chi connectivity index (χ4n) is 5.98. The molecule has 166 valence electrons. The number of H-pyrrole nitrogens is 1. The van der Waals surface area contributed by atoms with Crippen LogP contribution in [-0.2, 0) is 20.7 Å². The molecule has 0 aromatic carbocycles. The Morgan fingerprint density at radius 2 is 1.70 bits per heavy atom. The summed E-state index contributed by atoms with van der Waals surface area (Å²) < 4.78 is 11.0. The van der Waals surface area contributed by atoms with Crippen LogP contribution in [0.1, 0.15) is 56.0 Å². The molecule has 1 unspecified atom stereocenters. The minimum Gasteiger partial charge on any atom is -0.381 e. The lowest BCUT2D eigenvalue weighted by atomic mass is 9.82. The Labute approximate surface area is 179 Å². The minimum absolute atomic E-state index is 0.174. The Balaban J connectivity index is 1.25. The molecule has 0 radical (unpaired) electrons. The number of piperidine rings is 1. The summed E-state index contributed by atoms with van der Waals surface area (Å²) in [5, 5.41) is 0. The number of hydrogen-bond acceptors (Lipinski definition) is 5. The number of aromatic nitrogens is 2. The number of ether oxygens (including phenoxy) is 2. The number of hydrogen-bond donors (Lipinski definition) is 1. The van der Waals surface area contributed by atoms with Gasteiger partial charge in [0, 0.05) is 70.6 Å². The molecule has 3 saturated heterocycles. The number of rotatable bonds is 4. The highest BCUT2D eigenvalue weighted by Crippen LogP contribution is 2.40. The number of carbonyl (C=O) groups excluding carboxylic acids is 1. The molecule has 1 amide bonds. The van der Waals surface area contributed by atoms with Gasteiger partial charge in [0.25, 0.3) is 0 Å². The Hall–Kier alpha value is -1.44. The topological polar surface area (TPSA) is 70.7 Å². The summed E-state index contributed by atoms with van der Waals surface area (Å²) in [4.78, 5) is 25.9. The van der Waals surface area contributed by atoms with Gasteiger partial charge in [0.2, 0.25) is 5.91 Å². The number of nitrogens with one attached hydrogen (secondary N) is 1. The van der Waals surface area contributed by atoms with Gasteiger partial charge in [-0.25, -0.2) is 4.98 Å². The van der Waals surface area contributed by atoms with E-state index in [0.717, 1.165) is 90.6 Å². The molecule has 1 N–H and O–H groups in total. The maximum Gasteiger partial charge on any atom is 0.225 e. The number of amides is 1. The first-order valence-electron chi connectivity index (χ1n) is 12.0. The smallest absolute Gasteiger partial charge is 0.225 e.